The van der Waals surface area contributed by atoms with Crippen LogP contribution in [0.4, 0.5) is 5.95 Å². The zero-order chi connectivity index (χ0) is 11.5. The molecular weight excluding hydrogens is 202 g/mol. The molecular formula is C12H17N3O. The van der Waals surface area contributed by atoms with Crippen molar-refractivity contribution in [1.29, 1.82) is 0 Å². The Morgan fingerprint density at radius 1 is 1.19 bits per heavy atom. The molecule has 16 heavy (non-hydrogen) atoms. The third kappa shape index (κ3) is 2.38. The zero-order valence-electron chi connectivity index (χ0n) is 9.81. The summed E-state index contributed by atoms with van der Waals surface area (Å²) in [6, 6.07) is 0. The van der Waals surface area contributed by atoms with Crippen molar-refractivity contribution in [3.63, 3.8) is 0 Å². The van der Waals surface area contributed by atoms with E-state index in [2.05, 4.69) is 28.7 Å². The maximum Gasteiger partial charge on any atom is 0.225 e. The Bertz CT molecular complexity index is 362. The van der Waals surface area contributed by atoms with Crippen LogP contribution in [0.5, 0.6) is 0 Å². The molecule has 4 nitrogen and oxygen atoms in total. The summed E-state index contributed by atoms with van der Waals surface area (Å²) in [5, 5.41) is 0. The van der Waals surface area contributed by atoms with Crippen LogP contribution in [0, 0.1) is 0 Å². The van der Waals surface area contributed by atoms with Crippen molar-refractivity contribution in [1.82, 2.24) is 9.97 Å². The van der Waals surface area contributed by atoms with Crippen LogP contribution in [0.1, 0.15) is 38.2 Å². The van der Waals surface area contributed by atoms with Gasteiger partial charge in [-0.3, -0.25) is 4.79 Å². The number of nitrogens with zero attached hydrogens (tertiary/aromatic N) is 3. The van der Waals surface area contributed by atoms with E-state index in [0.29, 0.717) is 24.5 Å². The smallest absolute Gasteiger partial charge is 0.225 e. The van der Waals surface area contributed by atoms with Crippen molar-refractivity contribution in [3.05, 3.63) is 18.0 Å². The lowest BCUT2D eigenvalue weighted by Crippen LogP contribution is -2.34. The molecule has 1 aromatic heterocycles. The number of hydrogen-bond donors (Lipinski definition) is 0. The third-order valence-corrected chi connectivity index (χ3v) is 2.93. The summed E-state index contributed by atoms with van der Waals surface area (Å²) in [5.74, 6) is 1.55. The maximum absolute atomic E-state index is 11.1. The van der Waals surface area contributed by atoms with Crippen LogP contribution in [-0.2, 0) is 4.79 Å². The lowest BCUT2D eigenvalue weighted by Gasteiger charge is -2.25. The Hall–Kier alpha value is -1.45. The Morgan fingerprint density at radius 3 is 2.25 bits per heavy atom. The first kappa shape index (κ1) is 11.0. The maximum atomic E-state index is 11.1. The number of anilines is 1. The minimum Gasteiger partial charge on any atom is -0.340 e. The fourth-order valence-corrected chi connectivity index (χ4v) is 1.75. The van der Waals surface area contributed by atoms with Crippen molar-refractivity contribution >= 4 is 11.7 Å². The van der Waals surface area contributed by atoms with Crippen molar-refractivity contribution in [2.75, 3.05) is 18.0 Å². The molecule has 0 radical (unpaired) electrons. The molecule has 1 fully saturated rings. The zero-order valence-corrected chi connectivity index (χ0v) is 9.81. The van der Waals surface area contributed by atoms with Crippen molar-refractivity contribution in [2.45, 2.75) is 32.6 Å². The SMILES string of the molecule is CC(C)c1cnc(N2CCC(=O)CC2)nc1. The molecule has 0 N–H and O–H groups in total. The molecule has 1 aliphatic heterocycles. The molecule has 86 valence electrons. The van der Waals surface area contributed by atoms with Gasteiger partial charge >= 0.3 is 0 Å². The second-order valence-electron chi connectivity index (χ2n) is 4.50. The molecule has 4 heteroatoms. The van der Waals surface area contributed by atoms with Gasteiger partial charge in [-0.15, -0.1) is 0 Å². The highest BCUT2D eigenvalue weighted by Crippen LogP contribution is 2.16. The number of hydrogen-bond acceptors (Lipinski definition) is 4. The van der Waals surface area contributed by atoms with Gasteiger partial charge in [0.1, 0.15) is 5.78 Å². The molecule has 0 unspecified atom stereocenters. The van der Waals surface area contributed by atoms with Crippen molar-refractivity contribution in [2.24, 2.45) is 0 Å². The lowest BCUT2D eigenvalue weighted by molar-refractivity contribution is -0.119. The fraction of sp³-hybridized carbons (Fsp3) is 0.583. The van der Waals surface area contributed by atoms with Gasteiger partial charge < -0.3 is 4.90 Å². The molecule has 0 bridgehead atoms. The van der Waals surface area contributed by atoms with E-state index in [1.807, 2.05) is 12.4 Å². The van der Waals surface area contributed by atoms with Gasteiger partial charge in [-0.25, -0.2) is 9.97 Å². The number of ketones is 1. The number of piperidine rings is 1. The van der Waals surface area contributed by atoms with Gasteiger partial charge in [-0.2, -0.15) is 0 Å². The van der Waals surface area contributed by atoms with Gasteiger partial charge in [0, 0.05) is 38.3 Å². The van der Waals surface area contributed by atoms with Crippen LogP contribution >= 0.6 is 0 Å². The summed E-state index contributed by atoms with van der Waals surface area (Å²) in [6.45, 7) is 5.75. The topological polar surface area (TPSA) is 46.1 Å². The number of rotatable bonds is 2. The van der Waals surface area contributed by atoms with Gasteiger partial charge in [0.2, 0.25) is 5.95 Å². The first-order valence-electron chi connectivity index (χ1n) is 5.75. The minimum atomic E-state index is 0.343. The summed E-state index contributed by atoms with van der Waals surface area (Å²) in [4.78, 5) is 21.9. The van der Waals surface area contributed by atoms with Crippen molar-refractivity contribution in [3.8, 4) is 0 Å². The first-order valence-corrected chi connectivity index (χ1v) is 5.75. The molecule has 2 heterocycles. The molecule has 1 aromatic rings. The predicted molar refractivity (Wildman–Crippen MR) is 62.6 cm³/mol. The van der Waals surface area contributed by atoms with Crippen LogP contribution < -0.4 is 4.90 Å². The van der Waals surface area contributed by atoms with E-state index in [1.165, 1.54) is 0 Å². The summed E-state index contributed by atoms with van der Waals surface area (Å²) in [6.07, 6.45) is 5.00. The molecule has 0 aromatic carbocycles. The standard InChI is InChI=1S/C12H17N3O/c1-9(2)10-7-13-12(14-8-10)15-5-3-11(16)4-6-15/h7-9H,3-6H2,1-2H3. The highest BCUT2D eigenvalue weighted by molar-refractivity contribution is 5.80. The highest BCUT2D eigenvalue weighted by Gasteiger charge is 2.18. The Balaban J connectivity index is 2.07. The summed E-state index contributed by atoms with van der Waals surface area (Å²) >= 11 is 0. The van der Waals surface area contributed by atoms with E-state index >= 15 is 0 Å². The number of carbonyl (C=O) groups excluding carboxylic acids is 1. The predicted octanol–water partition coefficient (Wildman–Crippen LogP) is 1.77. The van der Waals surface area contributed by atoms with Gasteiger partial charge in [-0.05, 0) is 11.5 Å². The Labute approximate surface area is 95.7 Å². The number of carbonyl (C=O) groups is 1. The summed E-state index contributed by atoms with van der Waals surface area (Å²) < 4.78 is 0. The van der Waals surface area contributed by atoms with E-state index in [9.17, 15) is 4.79 Å². The van der Waals surface area contributed by atoms with Gasteiger partial charge in [-0.1, -0.05) is 13.8 Å². The van der Waals surface area contributed by atoms with E-state index < -0.39 is 0 Å². The molecule has 2 rings (SSSR count). The molecule has 0 spiro atoms. The second kappa shape index (κ2) is 4.60. The molecule has 0 aliphatic carbocycles. The van der Waals surface area contributed by atoms with Crippen LogP contribution in [-0.4, -0.2) is 28.8 Å². The Morgan fingerprint density at radius 2 is 1.75 bits per heavy atom. The first-order chi connectivity index (χ1) is 7.66. The second-order valence-corrected chi connectivity index (χ2v) is 4.50. The van der Waals surface area contributed by atoms with Crippen LogP contribution in [0.3, 0.4) is 0 Å². The van der Waals surface area contributed by atoms with Crippen LogP contribution in [0.25, 0.3) is 0 Å². The van der Waals surface area contributed by atoms with Crippen molar-refractivity contribution < 1.29 is 4.79 Å². The van der Waals surface area contributed by atoms with Gasteiger partial charge in [0.05, 0.1) is 0 Å². The van der Waals surface area contributed by atoms with E-state index in [0.717, 1.165) is 24.6 Å². The number of aromatic nitrogens is 2. The van der Waals surface area contributed by atoms with Crippen LogP contribution in [0.15, 0.2) is 12.4 Å². The average molecular weight is 219 g/mol. The monoisotopic (exact) mass is 219 g/mol. The minimum absolute atomic E-state index is 0.343. The quantitative estimate of drug-likeness (QED) is 0.760. The lowest BCUT2D eigenvalue weighted by atomic mass is 10.1. The highest BCUT2D eigenvalue weighted by atomic mass is 16.1. The third-order valence-electron chi connectivity index (χ3n) is 2.93. The molecule has 1 aliphatic rings. The average Bonchev–Trinajstić information content (AvgIpc) is 2.30. The summed E-state index contributed by atoms with van der Waals surface area (Å²) in [7, 11) is 0. The normalized spacial score (nSPS) is 16.9. The van der Waals surface area contributed by atoms with Gasteiger partial charge in [0.25, 0.3) is 0 Å². The molecule has 1 saturated heterocycles. The van der Waals surface area contributed by atoms with Gasteiger partial charge in [0.15, 0.2) is 0 Å². The summed E-state index contributed by atoms with van der Waals surface area (Å²) in [5.41, 5.74) is 1.15. The molecule has 0 amide bonds. The van der Waals surface area contributed by atoms with E-state index in [1.54, 1.807) is 0 Å². The molecule has 0 atom stereocenters. The van der Waals surface area contributed by atoms with Crippen LogP contribution in [0.2, 0.25) is 0 Å². The van der Waals surface area contributed by atoms with E-state index in [-0.39, 0.29) is 0 Å². The number of Topliss-reactive ketones (excluding diaryl/α,β-unsaturated/α-hetero) is 1. The van der Waals surface area contributed by atoms with E-state index in [4.69, 9.17) is 0 Å². The fourth-order valence-electron chi connectivity index (χ4n) is 1.75. The largest absolute Gasteiger partial charge is 0.340 e. The Kier molecular flexibility index (Phi) is 3.17. The molecule has 0 saturated carbocycles.